The van der Waals surface area contributed by atoms with Crippen molar-refractivity contribution in [2.75, 3.05) is 19.6 Å². The first-order chi connectivity index (χ1) is 16.6. The van der Waals surface area contributed by atoms with E-state index in [2.05, 4.69) is 22.4 Å². The second-order valence-electron chi connectivity index (χ2n) is 8.69. The number of amides is 1. The third-order valence-corrected chi connectivity index (χ3v) is 6.44. The molecule has 1 atom stereocenters. The summed E-state index contributed by atoms with van der Waals surface area (Å²) < 4.78 is 1.63. The van der Waals surface area contributed by atoms with Gasteiger partial charge in [0.1, 0.15) is 5.69 Å². The zero-order valence-electron chi connectivity index (χ0n) is 19.2. The predicted molar refractivity (Wildman–Crippen MR) is 134 cm³/mol. The summed E-state index contributed by atoms with van der Waals surface area (Å²) in [5.74, 6) is -0.147. The average Bonchev–Trinajstić information content (AvgIpc) is 3.22. The van der Waals surface area contributed by atoms with E-state index in [9.17, 15) is 9.59 Å². The quantitative estimate of drug-likeness (QED) is 0.484. The van der Waals surface area contributed by atoms with Gasteiger partial charge in [0, 0.05) is 31.2 Å². The van der Waals surface area contributed by atoms with Gasteiger partial charge < -0.3 is 15.2 Å². The van der Waals surface area contributed by atoms with Gasteiger partial charge in [-0.25, -0.2) is 4.79 Å². The minimum absolute atomic E-state index is 0.00223. The molecule has 2 heterocycles. The average molecular weight is 453 g/mol. The molecule has 0 saturated carbocycles. The molecule has 1 saturated heterocycles. The van der Waals surface area contributed by atoms with Crippen LogP contribution in [0.25, 0.3) is 16.9 Å². The molecule has 172 valence electrons. The maximum absolute atomic E-state index is 14.0. The predicted octanol–water partition coefficient (Wildman–Crippen LogP) is 3.80. The number of aryl methyl sites for hydroxylation is 1. The van der Waals surface area contributed by atoms with Crippen LogP contribution in [0.15, 0.2) is 89.7 Å². The monoisotopic (exact) mass is 452 g/mol. The Morgan fingerprint density at radius 1 is 0.941 bits per heavy atom. The van der Waals surface area contributed by atoms with Gasteiger partial charge in [-0.05, 0) is 30.5 Å². The minimum Gasteiger partial charge on any atom is -0.331 e. The maximum atomic E-state index is 14.0. The number of piperazine rings is 1. The number of para-hydroxylation sites is 1. The molecule has 0 bridgehead atoms. The SMILES string of the molecule is Cc1ccccc1-n1c(-c2ccccc2)c(C(=O)N2CCNC[C@H]2Cc2ccccc2)[nH]c1=O. The molecule has 0 aliphatic carbocycles. The van der Waals surface area contributed by atoms with E-state index in [0.717, 1.165) is 29.8 Å². The van der Waals surface area contributed by atoms with E-state index < -0.39 is 0 Å². The first-order valence-electron chi connectivity index (χ1n) is 11.7. The number of benzene rings is 3. The number of nitrogens with zero attached hydrogens (tertiary/aromatic N) is 2. The second-order valence-corrected chi connectivity index (χ2v) is 8.69. The standard InChI is InChI=1S/C28H28N4O2/c1-20-10-8-9-15-24(20)32-26(22-13-6-3-7-14-22)25(30-28(32)34)27(33)31-17-16-29-19-23(31)18-21-11-4-2-5-12-21/h2-15,23,29H,16-19H2,1H3,(H,30,34)/t23-/m1/s1. The van der Waals surface area contributed by atoms with Crippen LogP contribution in [-0.2, 0) is 6.42 Å². The normalized spacial score (nSPS) is 15.9. The van der Waals surface area contributed by atoms with Crippen LogP contribution in [0.2, 0.25) is 0 Å². The Bertz CT molecular complexity index is 1340. The first-order valence-corrected chi connectivity index (χ1v) is 11.7. The summed E-state index contributed by atoms with van der Waals surface area (Å²) in [5.41, 5.74) is 4.35. The van der Waals surface area contributed by atoms with Gasteiger partial charge in [-0.1, -0.05) is 78.9 Å². The summed E-state index contributed by atoms with van der Waals surface area (Å²) in [7, 11) is 0. The molecule has 0 unspecified atom stereocenters. The lowest BCUT2D eigenvalue weighted by Crippen LogP contribution is -2.54. The fourth-order valence-corrected chi connectivity index (χ4v) is 4.74. The molecule has 0 radical (unpaired) electrons. The Balaban J connectivity index is 1.60. The van der Waals surface area contributed by atoms with Gasteiger partial charge in [0.15, 0.2) is 0 Å². The molecule has 5 rings (SSSR count). The van der Waals surface area contributed by atoms with Crippen molar-refractivity contribution in [1.29, 1.82) is 0 Å². The zero-order valence-corrected chi connectivity index (χ0v) is 19.2. The van der Waals surface area contributed by atoms with Crippen molar-refractivity contribution in [3.8, 4) is 16.9 Å². The lowest BCUT2D eigenvalue weighted by atomic mass is 10.0. The number of imidazole rings is 1. The van der Waals surface area contributed by atoms with Crippen LogP contribution < -0.4 is 11.0 Å². The van der Waals surface area contributed by atoms with Gasteiger partial charge in [-0.2, -0.15) is 0 Å². The van der Waals surface area contributed by atoms with Crippen molar-refractivity contribution in [3.63, 3.8) is 0 Å². The summed E-state index contributed by atoms with van der Waals surface area (Å²) in [6.07, 6.45) is 0.753. The smallest absolute Gasteiger partial charge is 0.331 e. The third kappa shape index (κ3) is 4.20. The lowest BCUT2D eigenvalue weighted by Gasteiger charge is -2.36. The van der Waals surface area contributed by atoms with Crippen molar-refractivity contribution in [1.82, 2.24) is 19.8 Å². The number of aromatic amines is 1. The van der Waals surface area contributed by atoms with Crippen LogP contribution in [-0.4, -0.2) is 46.0 Å². The first kappa shape index (κ1) is 21.9. The molecule has 1 aliphatic rings. The number of H-pyrrole nitrogens is 1. The molecule has 4 aromatic rings. The van der Waals surface area contributed by atoms with Gasteiger partial charge in [-0.3, -0.25) is 9.36 Å². The molecule has 6 heteroatoms. The Hall–Kier alpha value is -3.90. The van der Waals surface area contributed by atoms with Crippen LogP contribution in [0.1, 0.15) is 21.6 Å². The van der Waals surface area contributed by atoms with Gasteiger partial charge in [-0.15, -0.1) is 0 Å². The summed E-state index contributed by atoms with van der Waals surface area (Å²) >= 11 is 0. The molecule has 34 heavy (non-hydrogen) atoms. The van der Waals surface area contributed by atoms with E-state index in [0.29, 0.717) is 24.5 Å². The van der Waals surface area contributed by atoms with E-state index in [4.69, 9.17) is 0 Å². The van der Waals surface area contributed by atoms with Gasteiger partial charge in [0.2, 0.25) is 0 Å². The number of hydrogen-bond donors (Lipinski definition) is 2. The second kappa shape index (κ2) is 9.53. The van der Waals surface area contributed by atoms with Crippen molar-refractivity contribution in [3.05, 3.63) is 112 Å². The molecule has 6 nitrogen and oxygen atoms in total. The van der Waals surface area contributed by atoms with Crippen LogP contribution >= 0.6 is 0 Å². The van der Waals surface area contributed by atoms with Crippen LogP contribution in [0.3, 0.4) is 0 Å². The number of carbonyl (C=O) groups is 1. The summed E-state index contributed by atoms with van der Waals surface area (Å²) in [4.78, 5) is 32.1. The van der Waals surface area contributed by atoms with Crippen LogP contribution in [0.5, 0.6) is 0 Å². The molecule has 1 amide bonds. The van der Waals surface area contributed by atoms with Crippen LogP contribution in [0.4, 0.5) is 0 Å². The Morgan fingerprint density at radius 3 is 2.35 bits per heavy atom. The third-order valence-electron chi connectivity index (χ3n) is 6.44. The summed E-state index contributed by atoms with van der Waals surface area (Å²) in [6, 6.07) is 27.6. The Labute approximate surface area is 198 Å². The number of nitrogens with one attached hydrogen (secondary N) is 2. The fraction of sp³-hybridized carbons (Fsp3) is 0.214. The Kier molecular flexibility index (Phi) is 6.14. The summed E-state index contributed by atoms with van der Waals surface area (Å²) in [6.45, 7) is 3.99. The van der Waals surface area contributed by atoms with Crippen molar-refractivity contribution in [2.24, 2.45) is 0 Å². The van der Waals surface area contributed by atoms with Crippen molar-refractivity contribution >= 4 is 5.91 Å². The lowest BCUT2D eigenvalue weighted by molar-refractivity contribution is 0.0631. The summed E-state index contributed by atoms with van der Waals surface area (Å²) in [5, 5.41) is 3.42. The minimum atomic E-state index is -0.314. The largest absolute Gasteiger partial charge is 0.331 e. The topological polar surface area (TPSA) is 70.1 Å². The van der Waals surface area contributed by atoms with Gasteiger partial charge in [0.25, 0.3) is 5.91 Å². The zero-order chi connectivity index (χ0) is 23.5. The van der Waals surface area contributed by atoms with Crippen molar-refractivity contribution < 1.29 is 4.79 Å². The van der Waals surface area contributed by atoms with E-state index in [1.807, 2.05) is 84.6 Å². The number of hydrogen-bond acceptors (Lipinski definition) is 3. The molecule has 1 aromatic heterocycles. The van der Waals surface area contributed by atoms with E-state index in [-0.39, 0.29) is 17.6 Å². The number of carbonyl (C=O) groups excluding carboxylic acids is 1. The van der Waals surface area contributed by atoms with Crippen LogP contribution in [0, 0.1) is 6.92 Å². The van der Waals surface area contributed by atoms with Gasteiger partial charge >= 0.3 is 5.69 Å². The molecule has 1 aliphatic heterocycles. The molecule has 3 aromatic carbocycles. The van der Waals surface area contributed by atoms with E-state index >= 15 is 0 Å². The highest BCUT2D eigenvalue weighted by molar-refractivity contribution is 5.99. The van der Waals surface area contributed by atoms with Gasteiger partial charge in [0.05, 0.1) is 11.4 Å². The Morgan fingerprint density at radius 2 is 1.62 bits per heavy atom. The van der Waals surface area contributed by atoms with Crippen molar-refractivity contribution in [2.45, 2.75) is 19.4 Å². The van der Waals surface area contributed by atoms with E-state index in [1.165, 1.54) is 5.56 Å². The molecular weight excluding hydrogens is 424 g/mol. The molecule has 1 fully saturated rings. The molecular formula is C28H28N4O2. The fourth-order valence-electron chi connectivity index (χ4n) is 4.74. The molecule has 0 spiro atoms. The highest BCUT2D eigenvalue weighted by Crippen LogP contribution is 2.28. The number of rotatable bonds is 5. The highest BCUT2D eigenvalue weighted by atomic mass is 16.2. The molecule has 2 N–H and O–H groups in total. The van der Waals surface area contributed by atoms with E-state index in [1.54, 1.807) is 4.57 Å². The number of aromatic nitrogens is 2. The maximum Gasteiger partial charge on any atom is 0.331 e. The highest BCUT2D eigenvalue weighted by Gasteiger charge is 2.32.